The highest BCUT2D eigenvalue weighted by molar-refractivity contribution is 7.14. The Hall–Kier alpha value is -1.95. The number of hydrogen-bond acceptors (Lipinski definition) is 5. The molecule has 6 heteroatoms. The Morgan fingerprint density at radius 2 is 2.16 bits per heavy atom. The molecule has 3 rings (SSSR count). The summed E-state index contributed by atoms with van der Waals surface area (Å²) in [6.45, 7) is 6.04. The molecule has 1 aliphatic rings. The summed E-state index contributed by atoms with van der Waals surface area (Å²) in [5.74, 6) is 0.805. The molecule has 0 aliphatic carbocycles. The lowest BCUT2D eigenvalue weighted by Crippen LogP contribution is -2.48. The number of aryl methyl sites for hydroxylation is 2. The summed E-state index contributed by atoms with van der Waals surface area (Å²) in [6, 6.07) is 4.04. The third-order valence-electron chi connectivity index (χ3n) is 4.57. The molecular weight excluding hydrogens is 332 g/mol. The molecule has 0 aromatic carbocycles. The fourth-order valence-electron chi connectivity index (χ4n) is 3.30. The van der Waals surface area contributed by atoms with E-state index in [2.05, 4.69) is 40.1 Å². The SMILES string of the molecule is CCCc1sc(C(=O)N[C@@H]2CCCN(c3ncccn3)C2)cc1CC. The van der Waals surface area contributed by atoms with Crippen LogP contribution in [0.25, 0.3) is 0 Å². The molecule has 1 saturated heterocycles. The number of aromatic nitrogens is 2. The molecule has 3 heterocycles. The van der Waals surface area contributed by atoms with Gasteiger partial charge in [-0.3, -0.25) is 4.79 Å². The average Bonchev–Trinajstić information content (AvgIpc) is 3.06. The van der Waals surface area contributed by atoms with E-state index in [1.165, 1.54) is 10.4 Å². The Morgan fingerprint density at radius 1 is 1.36 bits per heavy atom. The maximum Gasteiger partial charge on any atom is 0.261 e. The van der Waals surface area contributed by atoms with Crippen molar-refractivity contribution >= 4 is 23.2 Å². The molecule has 1 amide bonds. The lowest BCUT2D eigenvalue weighted by Gasteiger charge is -2.32. The number of rotatable bonds is 6. The van der Waals surface area contributed by atoms with Gasteiger partial charge < -0.3 is 10.2 Å². The van der Waals surface area contributed by atoms with Gasteiger partial charge in [0, 0.05) is 36.4 Å². The van der Waals surface area contributed by atoms with Gasteiger partial charge >= 0.3 is 0 Å². The predicted molar refractivity (Wildman–Crippen MR) is 102 cm³/mol. The van der Waals surface area contributed by atoms with Crippen LogP contribution in [0.5, 0.6) is 0 Å². The zero-order chi connectivity index (χ0) is 17.6. The maximum atomic E-state index is 12.7. The highest BCUT2D eigenvalue weighted by Gasteiger charge is 2.24. The van der Waals surface area contributed by atoms with Crippen LogP contribution in [0.15, 0.2) is 24.5 Å². The van der Waals surface area contributed by atoms with Crippen LogP contribution in [0.1, 0.15) is 53.2 Å². The highest BCUT2D eigenvalue weighted by atomic mass is 32.1. The summed E-state index contributed by atoms with van der Waals surface area (Å²) in [6.07, 6.45) is 8.72. The standard InChI is InChI=1S/C19H26N4OS/c1-3-7-16-14(4-2)12-17(25-16)18(24)22-15-8-5-11-23(13-15)19-20-9-6-10-21-19/h6,9-10,12,15H,3-5,7-8,11,13H2,1-2H3,(H,22,24)/t15-/m1/s1. The number of nitrogens with one attached hydrogen (secondary N) is 1. The molecule has 1 aliphatic heterocycles. The summed E-state index contributed by atoms with van der Waals surface area (Å²) in [5.41, 5.74) is 1.32. The molecule has 2 aromatic rings. The first-order chi connectivity index (χ1) is 12.2. The molecule has 0 saturated carbocycles. The summed E-state index contributed by atoms with van der Waals surface area (Å²) in [7, 11) is 0. The van der Waals surface area contributed by atoms with Gasteiger partial charge in [-0.25, -0.2) is 9.97 Å². The third-order valence-corrected chi connectivity index (χ3v) is 5.81. The number of nitrogens with zero attached hydrogens (tertiary/aromatic N) is 3. The Kier molecular flexibility index (Phi) is 6.02. The fraction of sp³-hybridized carbons (Fsp3) is 0.526. The lowest BCUT2D eigenvalue weighted by molar-refractivity contribution is 0.0937. The van der Waals surface area contributed by atoms with Gasteiger partial charge in [-0.15, -0.1) is 11.3 Å². The van der Waals surface area contributed by atoms with E-state index in [-0.39, 0.29) is 11.9 Å². The van der Waals surface area contributed by atoms with E-state index < -0.39 is 0 Å². The van der Waals surface area contributed by atoms with E-state index in [9.17, 15) is 4.79 Å². The van der Waals surface area contributed by atoms with Gasteiger partial charge in [-0.05, 0) is 43.4 Å². The second-order valence-electron chi connectivity index (χ2n) is 6.47. The van der Waals surface area contributed by atoms with Crippen LogP contribution in [0, 0.1) is 0 Å². The molecule has 2 aromatic heterocycles. The summed E-state index contributed by atoms with van der Waals surface area (Å²) in [5, 5.41) is 3.22. The van der Waals surface area contributed by atoms with Gasteiger partial charge in [0.05, 0.1) is 4.88 Å². The first kappa shape index (κ1) is 17.9. The van der Waals surface area contributed by atoms with E-state index in [0.717, 1.165) is 56.0 Å². The average molecular weight is 359 g/mol. The van der Waals surface area contributed by atoms with Crippen molar-refractivity contribution in [3.05, 3.63) is 39.8 Å². The fourth-order valence-corrected chi connectivity index (χ4v) is 4.56. The highest BCUT2D eigenvalue weighted by Crippen LogP contribution is 2.25. The molecule has 0 unspecified atom stereocenters. The van der Waals surface area contributed by atoms with Crippen LogP contribution in [0.3, 0.4) is 0 Å². The predicted octanol–water partition coefficient (Wildman–Crippen LogP) is 3.45. The van der Waals surface area contributed by atoms with Gasteiger partial charge in [-0.2, -0.15) is 0 Å². The minimum atomic E-state index is 0.0582. The molecular formula is C19H26N4OS. The van der Waals surface area contributed by atoms with Crippen LogP contribution >= 0.6 is 11.3 Å². The normalized spacial score (nSPS) is 17.5. The monoisotopic (exact) mass is 358 g/mol. The number of carbonyl (C=O) groups excluding carboxylic acids is 1. The second-order valence-corrected chi connectivity index (χ2v) is 7.61. The summed E-state index contributed by atoms with van der Waals surface area (Å²) >= 11 is 1.65. The van der Waals surface area contributed by atoms with Crippen molar-refractivity contribution in [1.82, 2.24) is 15.3 Å². The molecule has 1 fully saturated rings. The number of amides is 1. The van der Waals surface area contributed by atoms with E-state index >= 15 is 0 Å². The van der Waals surface area contributed by atoms with Crippen molar-refractivity contribution in [2.75, 3.05) is 18.0 Å². The molecule has 0 bridgehead atoms. The molecule has 134 valence electrons. The Morgan fingerprint density at radius 3 is 2.88 bits per heavy atom. The van der Waals surface area contributed by atoms with Gasteiger partial charge in [0.1, 0.15) is 0 Å². The second kappa shape index (κ2) is 8.43. The molecule has 1 N–H and O–H groups in total. The van der Waals surface area contributed by atoms with Crippen molar-refractivity contribution in [3.8, 4) is 0 Å². The van der Waals surface area contributed by atoms with Crippen molar-refractivity contribution in [2.45, 2.75) is 52.0 Å². The molecule has 5 nitrogen and oxygen atoms in total. The number of anilines is 1. The van der Waals surface area contributed by atoms with Crippen LogP contribution in [0.4, 0.5) is 5.95 Å². The number of piperidine rings is 1. The van der Waals surface area contributed by atoms with E-state index in [0.29, 0.717) is 0 Å². The first-order valence-corrected chi connectivity index (χ1v) is 9.97. The number of carbonyl (C=O) groups is 1. The van der Waals surface area contributed by atoms with Crippen LogP contribution < -0.4 is 10.2 Å². The minimum absolute atomic E-state index is 0.0582. The molecule has 25 heavy (non-hydrogen) atoms. The molecule has 0 spiro atoms. The van der Waals surface area contributed by atoms with Crippen molar-refractivity contribution in [1.29, 1.82) is 0 Å². The maximum absolute atomic E-state index is 12.7. The van der Waals surface area contributed by atoms with Gasteiger partial charge in [0.15, 0.2) is 0 Å². The van der Waals surface area contributed by atoms with Crippen molar-refractivity contribution in [2.24, 2.45) is 0 Å². The quantitative estimate of drug-likeness (QED) is 0.859. The van der Waals surface area contributed by atoms with Crippen molar-refractivity contribution in [3.63, 3.8) is 0 Å². The Labute approximate surface area is 153 Å². The van der Waals surface area contributed by atoms with E-state index in [1.54, 1.807) is 23.7 Å². The summed E-state index contributed by atoms with van der Waals surface area (Å²) < 4.78 is 0. The van der Waals surface area contributed by atoms with E-state index in [4.69, 9.17) is 0 Å². The number of hydrogen-bond donors (Lipinski definition) is 1. The Bertz CT molecular complexity index is 701. The van der Waals surface area contributed by atoms with Crippen LogP contribution in [-0.4, -0.2) is 35.0 Å². The largest absolute Gasteiger partial charge is 0.347 e. The minimum Gasteiger partial charge on any atom is -0.347 e. The molecule has 0 radical (unpaired) electrons. The Balaban J connectivity index is 1.64. The van der Waals surface area contributed by atoms with E-state index in [1.807, 2.05) is 6.07 Å². The van der Waals surface area contributed by atoms with Gasteiger partial charge in [0.2, 0.25) is 5.95 Å². The topological polar surface area (TPSA) is 58.1 Å². The lowest BCUT2D eigenvalue weighted by atomic mass is 10.1. The van der Waals surface area contributed by atoms with Gasteiger partial charge in [-0.1, -0.05) is 20.3 Å². The molecule has 1 atom stereocenters. The zero-order valence-corrected chi connectivity index (χ0v) is 15.8. The third kappa shape index (κ3) is 4.37. The number of thiophene rings is 1. The van der Waals surface area contributed by atoms with Crippen molar-refractivity contribution < 1.29 is 4.79 Å². The van der Waals surface area contributed by atoms with Gasteiger partial charge in [0.25, 0.3) is 5.91 Å². The zero-order valence-electron chi connectivity index (χ0n) is 15.0. The van der Waals surface area contributed by atoms with Crippen LogP contribution in [0.2, 0.25) is 0 Å². The summed E-state index contributed by atoms with van der Waals surface area (Å²) in [4.78, 5) is 25.7. The smallest absolute Gasteiger partial charge is 0.261 e. The first-order valence-electron chi connectivity index (χ1n) is 9.15. The van der Waals surface area contributed by atoms with Crippen LogP contribution in [-0.2, 0) is 12.8 Å².